The largest absolute Gasteiger partial charge is 0.454 e. The molecule has 0 atom stereocenters. The van der Waals surface area contributed by atoms with Crippen LogP contribution < -0.4 is 31.3 Å². The molecule has 0 bridgehead atoms. The van der Waals surface area contributed by atoms with Gasteiger partial charge >= 0.3 is 24.0 Å². The molecule has 3 aromatic carbocycles. The molecule has 1 heterocycles. The van der Waals surface area contributed by atoms with Crippen LogP contribution in [-0.4, -0.2) is 58.5 Å². The number of amides is 3. The first kappa shape index (κ1) is 35.8. The minimum absolute atomic E-state index is 0.00910. The molecule has 17 heteroatoms. The Morgan fingerprint density at radius 3 is 2.16 bits per heavy atom. The smallest absolute Gasteiger partial charge is 0.422 e. The standard InChI is InChI=1S/C33H31ClF4N8O4/c34-22-10-8-21(9-11-22)32(14-15-32)46-30-43-29(44-31(45-30)50-19-33(36,37)38)42-24-12-6-20(7-13-24)26(47)39-16-1-2-17-40-27(48)28(49)41-25-5-3-4-23(35)18-25/h3-13,18H,1-2,14-17,19H2,(H,39,47)(H,40,48)(H,41,49)(H2,42,43,44,45,46). The van der Waals surface area contributed by atoms with Crippen molar-refractivity contribution in [3.63, 3.8) is 0 Å². The van der Waals surface area contributed by atoms with Crippen LogP contribution in [0, 0.1) is 5.82 Å². The molecule has 0 radical (unpaired) electrons. The lowest BCUT2D eigenvalue weighted by molar-refractivity contribution is -0.154. The van der Waals surface area contributed by atoms with E-state index < -0.39 is 42.0 Å². The molecule has 50 heavy (non-hydrogen) atoms. The molecule has 5 rings (SSSR count). The van der Waals surface area contributed by atoms with Crippen molar-refractivity contribution >= 4 is 52.6 Å². The van der Waals surface area contributed by atoms with Gasteiger partial charge in [0.1, 0.15) is 5.82 Å². The highest BCUT2D eigenvalue weighted by Crippen LogP contribution is 2.48. The van der Waals surface area contributed by atoms with E-state index in [-0.39, 0.29) is 30.0 Å². The molecule has 0 spiro atoms. The SMILES string of the molecule is O=C(NCCCCNC(=O)c1ccc(Nc2nc(NC3(c4ccc(Cl)cc4)CC3)nc(OCC(F)(F)F)n2)cc1)C(=O)Nc1cccc(F)c1. The Kier molecular flexibility index (Phi) is 11.3. The van der Waals surface area contributed by atoms with E-state index in [0.29, 0.717) is 35.7 Å². The van der Waals surface area contributed by atoms with Gasteiger partial charge in [0.15, 0.2) is 6.61 Å². The number of ether oxygens (including phenoxy) is 1. The normalized spacial score (nSPS) is 13.1. The fourth-order valence-electron chi connectivity index (χ4n) is 4.70. The fourth-order valence-corrected chi connectivity index (χ4v) is 4.82. The summed E-state index contributed by atoms with van der Waals surface area (Å²) in [5.41, 5.74) is 1.33. The molecule has 262 valence electrons. The maximum atomic E-state index is 13.2. The number of unbranched alkanes of at least 4 members (excludes halogenated alkanes) is 1. The van der Waals surface area contributed by atoms with Crippen LogP contribution in [0.15, 0.2) is 72.8 Å². The minimum Gasteiger partial charge on any atom is -0.454 e. The Morgan fingerprint density at radius 1 is 0.820 bits per heavy atom. The summed E-state index contributed by atoms with van der Waals surface area (Å²) in [6.45, 7) is -1.11. The van der Waals surface area contributed by atoms with E-state index in [9.17, 15) is 31.9 Å². The molecule has 4 aromatic rings. The van der Waals surface area contributed by atoms with Gasteiger partial charge in [-0.15, -0.1) is 0 Å². The number of anilines is 4. The topological polar surface area (TPSA) is 159 Å². The summed E-state index contributed by atoms with van der Waals surface area (Å²) < 4.78 is 56.7. The Hall–Kier alpha value is -5.51. The molecule has 12 nitrogen and oxygen atoms in total. The third-order valence-corrected chi connectivity index (χ3v) is 7.60. The number of alkyl halides is 3. The second kappa shape index (κ2) is 15.8. The lowest BCUT2D eigenvalue weighted by Crippen LogP contribution is -2.36. The van der Waals surface area contributed by atoms with Gasteiger partial charge < -0.3 is 31.3 Å². The van der Waals surface area contributed by atoms with Crippen molar-refractivity contribution in [3.05, 3.63) is 94.8 Å². The summed E-state index contributed by atoms with van der Waals surface area (Å²) in [5.74, 6) is -2.78. The Bertz CT molecular complexity index is 1820. The van der Waals surface area contributed by atoms with Crippen molar-refractivity contribution < 1.29 is 36.7 Å². The maximum Gasteiger partial charge on any atom is 0.422 e. The van der Waals surface area contributed by atoms with Gasteiger partial charge in [0.05, 0.1) is 5.54 Å². The summed E-state index contributed by atoms with van der Waals surface area (Å²) in [5, 5.41) is 14.2. The lowest BCUT2D eigenvalue weighted by atomic mass is 10.1. The summed E-state index contributed by atoms with van der Waals surface area (Å²) in [7, 11) is 0. The molecule has 1 aliphatic rings. The van der Waals surface area contributed by atoms with Crippen LogP contribution >= 0.6 is 11.6 Å². The van der Waals surface area contributed by atoms with Crippen LogP contribution in [0.5, 0.6) is 6.01 Å². The van der Waals surface area contributed by atoms with Gasteiger partial charge in [-0.3, -0.25) is 14.4 Å². The van der Waals surface area contributed by atoms with Crippen LogP contribution in [0.25, 0.3) is 0 Å². The fraction of sp³-hybridized carbons (Fsp3) is 0.273. The Balaban J connectivity index is 1.11. The van der Waals surface area contributed by atoms with Crippen molar-refractivity contribution in [2.75, 3.05) is 35.6 Å². The highest BCUT2D eigenvalue weighted by atomic mass is 35.5. The zero-order chi connectivity index (χ0) is 35.7. The van der Waals surface area contributed by atoms with Crippen LogP contribution in [0.2, 0.25) is 5.02 Å². The highest BCUT2D eigenvalue weighted by Gasteiger charge is 2.45. The zero-order valence-corrected chi connectivity index (χ0v) is 27.0. The highest BCUT2D eigenvalue weighted by molar-refractivity contribution is 6.39. The number of hydrogen-bond acceptors (Lipinski definition) is 9. The van der Waals surface area contributed by atoms with Crippen molar-refractivity contribution in [2.24, 2.45) is 0 Å². The Morgan fingerprint density at radius 2 is 1.50 bits per heavy atom. The predicted octanol–water partition coefficient (Wildman–Crippen LogP) is 5.71. The van der Waals surface area contributed by atoms with Gasteiger partial charge in [-0.25, -0.2) is 4.39 Å². The van der Waals surface area contributed by atoms with Crippen LogP contribution in [0.1, 0.15) is 41.6 Å². The summed E-state index contributed by atoms with van der Waals surface area (Å²) in [6, 6.07) is 18.0. The van der Waals surface area contributed by atoms with Gasteiger partial charge in [0, 0.05) is 35.1 Å². The van der Waals surface area contributed by atoms with Gasteiger partial charge in [-0.1, -0.05) is 29.8 Å². The first-order chi connectivity index (χ1) is 23.9. The van der Waals surface area contributed by atoms with Crippen molar-refractivity contribution in [1.82, 2.24) is 25.6 Å². The number of rotatable bonds is 14. The van der Waals surface area contributed by atoms with Crippen molar-refractivity contribution in [2.45, 2.75) is 37.4 Å². The second-order valence-corrected chi connectivity index (χ2v) is 11.7. The van der Waals surface area contributed by atoms with E-state index in [1.165, 1.54) is 30.3 Å². The van der Waals surface area contributed by atoms with E-state index in [1.807, 2.05) is 12.1 Å². The summed E-state index contributed by atoms with van der Waals surface area (Å²) >= 11 is 6.02. The van der Waals surface area contributed by atoms with Crippen LogP contribution in [-0.2, 0) is 15.1 Å². The lowest BCUT2D eigenvalue weighted by Gasteiger charge is -2.19. The molecule has 1 aliphatic carbocycles. The monoisotopic (exact) mass is 714 g/mol. The number of hydrogen-bond donors (Lipinski definition) is 5. The van der Waals surface area contributed by atoms with E-state index in [0.717, 1.165) is 24.5 Å². The van der Waals surface area contributed by atoms with Gasteiger partial charge in [0.25, 0.3) is 5.91 Å². The van der Waals surface area contributed by atoms with Gasteiger partial charge in [-0.2, -0.15) is 28.1 Å². The number of carbonyl (C=O) groups is 3. The van der Waals surface area contributed by atoms with E-state index in [1.54, 1.807) is 24.3 Å². The predicted molar refractivity (Wildman–Crippen MR) is 177 cm³/mol. The first-order valence-electron chi connectivity index (χ1n) is 15.4. The molecule has 3 amide bonds. The number of carbonyl (C=O) groups excluding carboxylic acids is 3. The number of benzene rings is 3. The van der Waals surface area contributed by atoms with E-state index in [4.69, 9.17) is 16.3 Å². The molecule has 0 unspecified atom stereocenters. The van der Waals surface area contributed by atoms with Crippen LogP contribution in [0.3, 0.4) is 0 Å². The molecule has 1 fully saturated rings. The number of halogens is 5. The van der Waals surface area contributed by atoms with E-state index >= 15 is 0 Å². The molecule has 5 N–H and O–H groups in total. The molecule has 0 aliphatic heterocycles. The summed E-state index contributed by atoms with van der Waals surface area (Å²) in [4.78, 5) is 48.9. The van der Waals surface area contributed by atoms with Crippen LogP contribution in [0.4, 0.5) is 40.8 Å². The third-order valence-electron chi connectivity index (χ3n) is 7.34. The first-order valence-corrected chi connectivity index (χ1v) is 15.8. The van der Waals surface area contributed by atoms with E-state index in [2.05, 4.69) is 41.5 Å². The van der Waals surface area contributed by atoms with Gasteiger partial charge in [-0.05, 0) is 85.8 Å². The summed E-state index contributed by atoms with van der Waals surface area (Å²) in [6.07, 6.45) is -2.16. The molecule has 1 saturated carbocycles. The number of aromatic nitrogens is 3. The van der Waals surface area contributed by atoms with Gasteiger partial charge in [0.2, 0.25) is 11.9 Å². The molecule has 0 saturated heterocycles. The molecular weight excluding hydrogens is 684 g/mol. The average Bonchev–Trinajstić information content (AvgIpc) is 3.85. The third kappa shape index (κ3) is 10.5. The quantitative estimate of drug-likeness (QED) is 0.0626. The second-order valence-electron chi connectivity index (χ2n) is 11.3. The minimum atomic E-state index is -4.61. The Labute approximate surface area is 288 Å². The average molecular weight is 715 g/mol. The maximum absolute atomic E-state index is 13.2. The number of nitrogens with one attached hydrogen (secondary N) is 5. The zero-order valence-electron chi connectivity index (χ0n) is 26.2. The number of nitrogens with zero attached hydrogens (tertiary/aromatic N) is 3. The van der Waals surface area contributed by atoms with Crippen molar-refractivity contribution in [1.29, 1.82) is 0 Å². The molecular formula is C33H31ClF4N8O4. The van der Waals surface area contributed by atoms with Crippen molar-refractivity contribution in [3.8, 4) is 6.01 Å². The molecule has 1 aromatic heterocycles.